The number of nitrogens with zero attached hydrogens (tertiary/aromatic N) is 1. The standard InChI is InChI=1S/C28H34BNO4/c1-27(2)28(3,4)34-29(33-27)23-15-13-21(14-16-23)22-17-24-11-8-12-25(18-22)30(24)26(31)32-19-20-9-6-5-7-10-20/h5-7,9-10,13-17,24-25H,8,11-12,18-19H2,1-4H3. The van der Waals surface area contributed by atoms with E-state index in [9.17, 15) is 4.79 Å². The molecule has 3 aliphatic heterocycles. The van der Waals surface area contributed by atoms with Crippen LogP contribution in [0.15, 0.2) is 60.7 Å². The number of piperidine rings is 1. The maximum absolute atomic E-state index is 13.0. The summed E-state index contributed by atoms with van der Waals surface area (Å²) in [7, 11) is -0.353. The average molecular weight is 459 g/mol. The maximum Gasteiger partial charge on any atom is 0.494 e. The summed E-state index contributed by atoms with van der Waals surface area (Å²) in [5.41, 5.74) is 3.86. The largest absolute Gasteiger partial charge is 0.494 e. The first-order chi connectivity index (χ1) is 16.2. The Balaban J connectivity index is 1.28. The molecule has 2 saturated heterocycles. The van der Waals surface area contributed by atoms with Gasteiger partial charge in [0.2, 0.25) is 0 Å². The second-order valence-electron chi connectivity index (χ2n) is 10.7. The summed E-state index contributed by atoms with van der Waals surface area (Å²) in [5, 5.41) is 0. The third kappa shape index (κ3) is 4.41. The van der Waals surface area contributed by atoms with Crippen LogP contribution in [0.25, 0.3) is 5.57 Å². The fourth-order valence-electron chi connectivity index (χ4n) is 5.16. The van der Waals surface area contributed by atoms with Crippen LogP contribution >= 0.6 is 0 Å². The molecule has 0 aromatic heterocycles. The third-order valence-corrected chi connectivity index (χ3v) is 7.86. The quantitative estimate of drug-likeness (QED) is 0.580. The van der Waals surface area contributed by atoms with Gasteiger partial charge in [-0.15, -0.1) is 0 Å². The molecule has 0 saturated carbocycles. The molecule has 2 fully saturated rings. The van der Waals surface area contributed by atoms with E-state index in [-0.39, 0.29) is 36.5 Å². The van der Waals surface area contributed by atoms with E-state index in [4.69, 9.17) is 14.0 Å². The zero-order valence-corrected chi connectivity index (χ0v) is 20.6. The molecule has 2 aromatic carbocycles. The minimum Gasteiger partial charge on any atom is -0.445 e. The first-order valence-electron chi connectivity index (χ1n) is 12.4. The highest BCUT2D eigenvalue weighted by molar-refractivity contribution is 6.62. The number of carbonyl (C=O) groups excluding carboxylic acids is 1. The third-order valence-electron chi connectivity index (χ3n) is 7.86. The monoisotopic (exact) mass is 459 g/mol. The normalized spacial score (nSPS) is 25.1. The number of benzene rings is 2. The van der Waals surface area contributed by atoms with Crippen LogP contribution in [0, 0.1) is 0 Å². The van der Waals surface area contributed by atoms with Gasteiger partial charge in [0.05, 0.1) is 17.2 Å². The van der Waals surface area contributed by atoms with Crippen LogP contribution in [0.4, 0.5) is 4.79 Å². The van der Waals surface area contributed by atoms with Crippen LogP contribution in [0.1, 0.15) is 64.5 Å². The zero-order chi connectivity index (χ0) is 23.9. The lowest BCUT2D eigenvalue weighted by molar-refractivity contribution is 0.00578. The molecule has 1 amide bonds. The Morgan fingerprint density at radius 2 is 1.68 bits per heavy atom. The van der Waals surface area contributed by atoms with Gasteiger partial charge in [0, 0.05) is 6.04 Å². The van der Waals surface area contributed by atoms with Gasteiger partial charge < -0.3 is 14.0 Å². The number of hydrogen-bond donors (Lipinski definition) is 0. The van der Waals surface area contributed by atoms with E-state index in [1.54, 1.807) is 0 Å². The molecule has 3 aliphatic rings. The molecule has 5 rings (SSSR count). The number of hydrogen-bond acceptors (Lipinski definition) is 4. The minimum absolute atomic E-state index is 0.0912. The lowest BCUT2D eigenvalue weighted by Gasteiger charge is -2.44. The predicted octanol–water partition coefficient (Wildman–Crippen LogP) is 5.33. The Morgan fingerprint density at radius 3 is 2.32 bits per heavy atom. The van der Waals surface area contributed by atoms with Crippen LogP contribution < -0.4 is 5.46 Å². The Hall–Kier alpha value is -2.57. The van der Waals surface area contributed by atoms with Crippen molar-refractivity contribution in [2.45, 2.75) is 83.3 Å². The second-order valence-corrected chi connectivity index (χ2v) is 10.7. The molecule has 0 radical (unpaired) electrons. The van der Waals surface area contributed by atoms with E-state index in [1.807, 2.05) is 35.2 Å². The van der Waals surface area contributed by atoms with Crippen molar-refractivity contribution in [3.63, 3.8) is 0 Å². The summed E-state index contributed by atoms with van der Waals surface area (Å²) >= 11 is 0. The molecule has 34 heavy (non-hydrogen) atoms. The van der Waals surface area contributed by atoms with Gasteiger partial charge in [-0.1, -0.05) is 60.7 Å². The van der Waals surface area contributed by atoms with E-state index in [2.05, 4.69) is 58.0 Å². The highest BCUT2D eigenvalue weighted by Crippen LogP contribution is 2.38. The molecule has 3 heterocycles. The van der Waals surface area contributed by atoms with Gasteiger partial charge in [-0.2, -0.15) is 0 Å². The van der Waals surface area contributed by atoms with Crippen LogP contribution in [-0.2, 0) is 20.7 Å². The molecule has 2 bridgehead atoms. The van der Waals surface area contributed by atoms with Gasteiger partial charge in [-0.05, 0) is 75.5 Å². The zero-order valence-electron chi connectivity index (χ0n) is 20.6. The summed E-state index contributed by atoms with van der Waals surface area (Å²) in [6, 6.07) is 18.7. The van der Waals surface area contributed by atoms with Crippen LogP contribution in [-0.4, -0.2) is 41.4 Å². The van der Waals surface area contributed by atoms with Crippen molar-refractivity contribution in [3.8, 4) is 0 Å². The molecular weight excluding hydrogens is 425 g/mol. The van der Waals surface area contributed by atoms with Gasteiger partial charge in [-0.25, -0.2) is 4.79 Å². The van der Waals surface area contributed by atoms with Crippen molar-refractivity contribution >= 4 is 24.2 Å². The smallest absolute Gasteiger partial charge is 0.445 e. The second kappa shape index (κ2) is 8.90. The Kier molecular flexibility index (Phi) is 6.07. The van der Waals surface area contributed by atoms with E-state index in [0.29, 0.717) is 6.61 Å². The summed E-state index contributed by atoms with van der Waals surface area (Å²) in [6.07, 6.45) is 6.05. The highest BCUT2D eigenvalue weighted by Gasteiger charge is 2.51. The minimum atomic E-state index is -0.353. The van der Waals surface area contributed by atoms with Crippen molar-refractivity contribution in [2.75, 3.05) is 0 Å². The van der Waals surface area contributed by atoms with Crippen molar-refractivity contribution in [2.24, 2.45) is 0 Å². The molecule has 5 nitrogen and oxygen atoms in total. The Morgan fingerprint density at radius 1 is 1.00 bits per heavy atom. The molecule has 0 spiro atoms. The highest BCUT2D eigenvalue weighted by atomic mass is 16.7. The van der Waals surface area contributed by atoms with Gasteiger partial charge in [0.25, 0.3) is 0 Å². The van der Waals surface area contributed by atoms with E-state index in [1.165, 1.54) is 11.1 Å². The number of rotatable bonds is 4. The van der Waals surface area contributed by atoms with E-state index >= 15 is 0 Å². The van der Waals surface area contributed by atoms with Crippen LogP contribution in [0.5, 0.6) is 0 Å². The fourth-order valence-corrected chi connectivity index (χ4v) is 5.16. The predicted molar refractivity (Wildman–Crippen MR) is 135 cm³/mol. The molecular formula is C28H34BNO4. The number of ether oxygens (including phenoxy) is 1. The molecule has 2 unspecified atom stereocenters. The van der Waals surface area contributed by atoms with E-state index in [0.717, 1.165) is 36.7 Å². The van der Waals surface area contributed by atoms with Crippen molar-refractivity contribution in [3.05, 3.63) is 71.8 Å². The summed E-state index contributed by atoms with van der Waals surface area (Å²) < 4.78 is 18.1. The number of fused-ring (bicyclic) bond motifs is 2. The Labute approximate surface area is 203 Å². The molecule has 6 heteroatoms. The molecule has 178 valence electrons. The van der Waals surface area contributed by atoms with Gasteiger partial charge in [0.1, 0.15) is 6.61 Å². The van der Waals surface area contributed by atoms with Crippen LogP contribution in [0.2, 0.25) is 0 Å². The first-order valence-corrected chi connectivity index (χ1v) is 12.4. The lowest BCUT2D eigenvalue weighted by atomic mass is 9.77. The Bertz CT molecular complexity index is 1050. The summed E-state index contributed by atoms with van der Waals surface area (Å²) in [5.74, 6) is 0. The van der Waals surface area contributed by atoms with Crippen molar-refractivity contribution in [1.29, 1.82) is 0 Å². The van der Waals surface area contributed by atoms with Gasteiger partial charge in [0.15, 0.2) is 0 Å². The van der Waals surface area contributed by atoms with Gasteiger partial charge >= 0.3 is 13.2 Å². The van der Waals surface area contributed by atoms with Crippen molar-refractivity contribution in [1.82, 2.24) is 4.90 Å². The van der Waals surface area contributed by atoms with E-state index < -0.39 is 0 Å². The summed E-state index contributed by atoms with van der Waals surface area (Å²) in [6.45, 7) is 8.60. The van der Waals surface area contributed by atoms with Gasteiger partial charge in [-0.3, -0.25) is 4.90 Å². The van der Waals surface area contributed by atoms with Crippen molar-refractivity contribution < 1.29 is 18.8 Å². The fraction of sp³-hybridized carbons (Fsp3) is 0.464. The topological polar surface area (TPSA) is 48.0 Å². The number of carbonyl (C=O) groups is 1. The molecule has 2 aromatic rings. The average Bonchev–Trinajstić information content (AvgIpc) is 3.04. The molecule has 2 atom stereocenters. The molecule has 0 N–H and O–H groups in total. The first kappa shape index (κ1) is 23.2. The lowest BCUT2D eigenvalue weighted by Crippen LogP contribution is -2.51. The summed E-state index contributed by atoms with van der Waals surface area (Å²) in [4.78, 5) is 14.9. The SMILES string of the molecule is CC1(C)OB(c2ccc(C3=CC4CCCC(C3)N4C(=O)OCc3ccccc3)cc2)OC1(C)C. The maximum atomic E-state index is 13.0. The number of amides is 1. The molecule has 0 aliphatic carbocycles. The van der Waals surface area contributed by atoms with Crippen LogP contribution in [0.3, 0.4) is 0 Å².